The molecule has 0 saturated carbocycles. The smallest absolute Gasteiger partial charge is 0.277 e. The van der Waals surface area contributed by atoms with E-state index >= 15 is 0 Å². The summed E-state index contributed by atoms with van der Waals surface area (Å²) in [6.07, 6.45) is 2.32. The average molecular weight is 503 g/mol. The molecule has 9 heteroatoms. The third-order valence-corrected chi connectivity index (χ3v) is 6.76. The Kier molecular flexibility index (Phi) is 7.78. The van der Waals surface area contributed by atoms with E-state index in [2.05, 4.69) is 10.2 Å². The van der Waals surface area contributed by atoms with Crippen LogP contribution in [0.4, 0.5) is 0 Å². The molecule has 1 saturated heterocycles. The molecule has 4 rings (SSSR count). The third kappa shape index (κ3) is 5.73. The largest absolute Gasteiger partial charge is 0.490 e. The molecular weight excluding hydrogens is 477 g/mol. The van der Waals surface area contributed by atoms with Crippen molar-refractivity contribution in [1.29, 1.82) is 0 Å². The number of rotatable bonds is 7. The second kappa shape index (κ2) is 10.8. The number of aliphatic hydroxyl groups excluding tert-OH is 1. The van der Waals surface area contributed by atoms with E-state index < -0.39 is 6.10 Å². The van der Waals surface area contributed by atoms with Crippen LogP contribution in [0.2, 0.25) is 10.0 Å². The minimum absolute atomic E-state index is 0.0691. The second-order valence-corrected chi connectivity index (χ2v) is 9.37. The highest BCUT2D eigenvalue weighted by Crippen LogP contribution is 2.28. The molecule has 1 radical (unpaired) electrons. The van der Waals surface area contributed by atoms with Gasteiger partial charge in [-0.15, -0.1) is 0 Å². The molecule has 2 aliphatic rings. The number of halogens is 2. The lowest BCUT2D eigenvalue weighted by atomic mass is 9.96. The molecule has 2 aliphatic heterocycles. The van der Waals surface area contributed by atoms with Crippen molar-refractivity contribution in [3.63, 3.8) is 0 Å². The van der Waals surface area contributed by atoms with Gasteiger partial charge in [0.15, 0.2) is 0 Å². The van der Waals surface area contributed by atoms with E-state index in [0.717, 1.165) is 25.9 Å². The van der Waals surface area contributed by atoms with E-state index in [0.29, 0.717) is 39.0 Å². The van der Waals surface area contributed by atoms with Crippen molar-refractivity contribution in [2.24, 2.45) is 0 Å². The Morgan fingerprint density at radius 2 is 1.88 bits per heavy atom. The molecule has 2 aromatic carbocycles. The van der Waals surface area contributed by atoms with Crippen molar-refractivity contribution >= 4 is 40.6 Å². The monoisotopic (exact) mass is 502 g/mol. The van der Waals surface area contributed by atoms with Crippen LogP contribution in [0.1, 0.15) is 28.8 Å². The van der Waals surface area contributed by atoms with Gasteiger partial charge in [-0.05, 0) is 31.0 Å². The first-order valence-electron chi connectivity index (χ1n) is 11.1. The number of ether oxygens (including phenoxy) is 1. The molecule has 1 atom stereocenters. The SMILES string of the molecule is CN(C[C@@H](O)CN1CCC(Oc2ccc(Cl)c(Cl)c2)CC1)C(=O)C1=C[N]C(=O)c2ccccc21. The van der Waals surface area contributed by atoms with Gasteiger partial charge in [0.2, 0.25) is 0 Å². The zero-order valence-electron chi connectivity index (χ0n) is 18.8. The molecular formula is C25H26Cl2N3O4. The number of hydrogen-bond acceptors (Lipinski definition) is 5. The van der Waals surface area contributed by atoms with Gasteiger partial charge in [-0.3, -0.25) is 9.59 Å². The Balaban J connectivity index is 1.25. The normalized spacial score (nSPS) is 17.4. The molecule has 7 nitrogen and oxygen atoms in total. The highest BCUT2D eigenvalue weighted by atomic mass is 35.5. The molecule has 0 aromatic heterocycles. The fourth-order valence-corrected chi connectivity index (χ4v) is 4.54. The van der Waals surface area contributed by atoms with E-state index in [-0.39, 0.29) is 24.5 Å². The molecule has 34 heavy (non-hydrogen) atoms. The number of likely N-dealkylation sites (N-methyl/N-ethyl adjacent to an activating group) is 1. The number of benzene rings is 2. The number of aliphatic hydroxyl groups is 1. The van der Waals surface area contributed by atoms with E-state index in [9.17, 15) is 14.7 Å². The second-order valence-electron chi connectivity index (χ2n) is 8.56. The molecule has 2 heterocycles. The maximum absolute atomic E-state index is 13.0. The zero-order valence-corrected chi connectivity index (χ0v) is 20.3. The Labute approximate surface area is 208 Å². The number of fused-ring (bicyclic) bond motifs is 1. The van der Waals surface area contributed by atoms with Crippen molar-refractivity contribution in [2.45, 2.75) is 25.0 Å². The van der Waals surface area contributed by atoms with Crippen LogP contribution >= 0.6 is 23.2 Å². The Hall–Kier alpha value is -2.58. The number of β-amino-alcohol motifs (C(OH)–C–C–N with tert-alkyl or cyclic N) is 1. The molecule has 0 spiro atoms. The van der Waals surface area contributed by atoms with Gasteiger partial charge in [-0.1, -0.05) is 41.4 Å². The van der Waals surface area contributed by atoms with E-state index in [1.165, 1.54) is 11.1 Å². The van der Waals surface area contributed by atoms with Crippen LogP contribution in [0.15, 0.2) is 48.7 Å². The summed E-state index contributed by atoms with van der Waals surface area (Å²) in [6, 6.07) is 12.2. The summed E-state index contributed by atoms with van der Waals surface area (Å²) < 4.78 is 6.02. The summed E-state index contributed by atoms with van der Waals surface area (Å²) in [6.45, 7) is 2.18. The van der Waals surface area contributed by atoms with Crippen molar-refractivity contribution in [3.8, 4) is 5.75 Å². The van der Waals surface area contributed by atoms with Crippen molar-refractivity contribution < 1.29 is 19.4 Å². The van der Waals surface area contributed by atoms with Gasteiger partial charge in [0.25, 0.3) is 11.8 Å². The van der Waals surface area contributed by atoms with E-state index in [1.807, 2.05) is 0 Å². The fourth-order valence-electron chi connectivity index (χ4n) is 4.25. The number of piperidine rings is 1. The molecule has 1 N–H and O–H groups in total. The average Bonchev–Trinajstić information content (AvgIpc) is 2.82. The van der Waals surface area contributed by atoms with Crippen LogP contribution in [0.3, 0.4) is 0 Å². The summed E-state index contributed by atoms with van der Waals surface area (Å²) in [4.78, 5) is 28.6. The van der Waals surface area contributed by atoms with Crippen LogP contribution < -0.4 is 10.1 Å². The van der Waals surface area contributed by atoms with Crippen molar-refractivity contribution in [1.82, 2.24) is 15.1 Å². The zero-order chi connectivity index (χ0) is 24.2. The number of likely N-dealkylation sites (tertiary alicyclic amines) is 1. The maximum Gasteiger partial charge on any atom is 0.277 e. The summed E-state index contributed by atoms with van der Waals surface area (Å²) in [5, 5.41) is 15.4. The molecule has 0 unspecified atom stereocenters. The summed E-state index contributed by atoms with van der Waals surface area (Å²) >= 11 is 12.0. The van der Waals surface area contributed by atoms with Gasteiger partial charge >= 0.3 is 0 Å². The Morgan fingerprint density at radius 3 is 2.59 bits per heavy atom. The lowest BCUT2D eigenvalue weighted by Crippen LogP contribution is -2.45. The summed E-state index contributed by atoms with van der Waals surface area (Å²) in [5.41, 5.74) is 1.33. The van der Waals surface area contributed by atoms with Crippen LogP contribution in [-0.2, 0) is 4.79 Å². The lowest BCUT2D eigenvalue weighted by Gasteiger charge is -2.34. The molecule has 0 bridgehead atoms. The molecule has 179 valence electrons. The van der Waals surface area contributed by atoms with Gasteiger partial charge in [-0.25, -0.2) is 5.32 Å². The molecule has 2 aromatic rings. The highest BCUT2D eigenvalue weighted by Gasteiger charge is 2.28. The standard InChI is InChI=1S/C25H26Cl2N3O4/c1-29(25(33)21-13-28-24(32)20-5-3-2-4-19(20)21)14-16(31)15-30-10-8-17(9-11-30)34-18-6-7-22(26)23(27)12-18/h2-7,12-13,16-17,31H,8-11,14-15H2,1H3/t16-/m1/s1. The lowest BCUT2D eigenvalue weighted by molar-refractivity contribution is -0.125. The predicted molar refractivity (Wildman–Crippen MR) is 131 cm³/mol. The van der Waals surface area contributed by atoms with Gasteiger partial charge in [0.1, 0.15) is 11.9 Å². The number of carbonyl (C=O) groups excluding carboxylic acids is 2. The van der Waals surface area contributed by atoms with E-state index in [4.69, 9.17) is 27.9 Å². The number of amides is 2. The van der Waals surface area contributed by atoms with Crippen molar-refractivity contribution in [3.05, 3.63) is 69.8 Å². The Morgan fingerprint density at radius 1 is 1.18 bits per heavy atom. The molecule has 0 aliphatic carbocycles. The molecule has 2 amide bonds. The first-order chi connectivity index (χ1) is 16.3. The minimum Gasteiger partial charge on any atom is -0.490 e. The number of nitrogens with zero attached hydrogens (tertiary/aromatic N) is 3. The predicted octanol–water partition coefficient (Wildman–Crippen LogP) is 3.46. The number of carbonyl (C=O) groups is 2. The third-order valence-electron chi connectivity index (χ3n) is 6.02. The van der Waals surface area contributed by atoms with Gasteiger partial charge in [0.05, 0.1) is 21.7 Å². The fraction of sp³-hybridized carbons (Fsp3) is 0.360. The van der Waals surface area contributed by atoms with E-state index in [1.54, 1.807) is 49.5 Å². The van der Waals surface area contributed by atoms with Crippen molar-refractivity contribution in [2.75, 3.05) is 33.2 Å². The van der Waals surface area contributed by atoms with Gasteiger partial charge < -0.3 is 19.6 Å². The van der Waals surface area contributed by atoms with Gasteiger partial charge in [0, 0.05) is 56.6 Å². The molecule has 1 fully saturated rings. The topological polar surface area (TPSA) is 84.2 Å². The first-order valence-corrected chi connectivity index (χ1v) is 11.9. The number of hydrogen-bond donors (Lipinski definition) is 1. The van der Waals surface area contributed by atoms with Crippen LogP contribution in [-0.4, -0.2) is 72.2 Å². The summed E-state index contributed by atoms with van der Waals surface area (Å²) in [7, 11) is 1.64. The first kappa shape index (κ1) is 24.5. The van der Waals surface area contributed by atoms with Crippen LogP contribution in [0, 0.1) is 0 Å². The van der Waals surface area contributed by atoms with Crippen LogP contribution in [0.5, 0.6) is 5.75 Å². The van der Waals surface area contributed by atoms with Crippen LogP contribution in [0.25, 0.3) is 5.57 Å². The quantitative estimate of drug-likeness (QED) is 0.626. The van der Waals surface area contributed by atoms with Gasteiger partial charge in [-0.2, -0.15) is 0 Å². The highest BCUT2D eigenvalue weighted by molar-refractivity contribution is 6.42. The minimum atomic E-state index is -0.709. The Bertz CT molecular complexity index is 1100. The summed E-state index contributed by atoms with van der Waals surface area (Å²) in [5.74, 6) is 0.0536. The maximum atomic E-state index is 13.0.